The number of aromatic amines is 1. The summed E-state index contributed by atoms with van der Waals surface area (Å²) < 4.78 is 0.329. The smallest absolute Gasteiger partial charge is 0.224 e. The third kappa shape index (κ3) is 2.63. The van der Waals surface area contributed by atoms with Gasteiger partial charge in [0, 0.05) is 28.4 Å². The molecule has 1 aromatic carbocycles. The van der Waals surface area contributed by atoms with E-state index in [1.807, 2.05) is 36.2 Å². The number of benzene rings is 1. The second-order valence-electron chi connectivity index (χ2n) is 5.20. The third-order valence-corrected chi connectivity index (χ3v) is 5.29. The Labute approximate surface area is 117 Å². The number of amides is 1. The van der Waals surface area contributed by atoms with Crippen molar-refractivity contribution in [1.82, 2.24) is 10.3 Å². The van der Waals surface area contributed by atoms with Crippen molar-refractivity contribution in [2.75, 3.05) is 12.8 Å². The summed E-state index contributed by atoms with van der Waals surface area (Å²) in [5.74, 6) is 0.116. The maximum absolute atomic E-state index is 12.0. The summed E-state index contributed by atoms with van der Waals surface area (Å²) in [6.07, 6.45) is 6.96. The van der Waals surface area contributed by atoms with Crippen molar-refractivity contribution in [2.24, 2.45) is 0 Å². The molecule has 1 amide bonds. The zero-order chi connectivity index (χ0) is 13.3. The van der Waals surface area contributed by atoms with E-state index in [4.69, 9.17) is 0 Å². The maximum Gasteiger partial charge on any atom is 0.224 e. The summed E-state index contributed by atoms with van der Waals surface area (Å²) in [4.78, 5) is 15.2. The van der Waals surface area contributed by atoms with Gasteiger partial charge in [-0.1, -0.05) is 18.2 Å². The molecule has 0 bridgehead atoms. The number of aromatic nitrogens is 1. The Morgan fingerprint density at radius 1 is 1.42 bits per heavy atom. The lowest BCUT2D eigenvalue weighted by atomic mass is 10.1. The zero-order valence-corrected chi connectivity index (χ0v) is 11.8. The molecule has 1 aromatic heterocycles. The molecule has 1 aliphatic rings. The van der Waals surface area contributed by atoms with E-state index in [1.54, 1.807) is 0 Å². The van der Waals surface area contributed by atoms with E-state index in [-0.39, 0.29) is 5.91 Å². The molecule has 0 atom stereocenters. The molecule has 3 nitrogen and oxygen atoms in total. The first-order chi connectivity index (χ1) is 9.22. The van der Waals surface area contributed by atoms with Crippen LogP contribution in [0.15, 0.2) is 30.5 Å². The number of carbonyl (C=O) groups is 1. The fourth-order valence-electron chi connectivity index (χ4n) is 2.37. The molecule has 2 aromatic rings. The second-order valence-corrected chi connectivity index (χ2v) is 6.47. The molecule has 2 N–H and O–H groups in total. The number of carbonyl (C=O) groups excluding carboxylic acids is 1. The minimum atomic E-state index is 0.116. The number of nitrogens with one attached hydrogen (secondary N) is 2. The molecule has 1 fully saturated rings. The van der Waals surface area contributed by atoms with Gasteiger partial charge in [0.1, 0.15) is 0 Å². The molecule has 100 valence electrons. The predicted octanol–water partition coefficient (Wildman–Crippen LogP) is 2.72. The van der Waals surface area contributed by atoms with Crippen LogP contribution in [0.4, 0.5) is 0 Å². The Balaban J connectivity index is 1.63. The van der Waals surface area contributed by atoms with Crippen molar-refractivity contribution in [1.29, 1.82) is 0 Å². The van der Waals surface area contributed by atoms with Crippen LogP contribution >= 0.6 is 11.8 Å². The number of hydrogen-bond acceptors (Lipinski definition) is 2. The van der Waals surface area contributed by atoms with Crippen LogP contribution in [0.3, 0.4) is 0 Å². The highest BCUT2D eigenvalue weighted by molar-refractivity contribution is 8.00. The quantitative estimate of drug-likeness (QED) is 0.880. The minimum Gasteiger partial charge on any atom is -0.361 e. The van der Waals surface area contributed by atoms with Crippen molar-refractivity contribution in [3.63, 3.8) is 0 Å². The first-order valence-electron chi connectivity index (χ1n) is 6.59. The Kier molecular flexibility index (Phi) is 3.27. The van der Waals surface area contributed by atoms with Gasteiger partial charge in [0.15, 0.2) is 0 Å². The largest absolute Gasteiger partial charge is 0.361 e. The fourth-order valence-corrected chi connectivity index (χ4v) is 3.09. The average molecular weight is 274 g/mol. The standard InChI is InChI=1S/C15H18N2OS/c1-19-15(6-7-15)10-17-14(18)8-11-9-16-13-5-3-2-4-12(11)13/h2-5,9,16H,6-8,10H2,1H3,(H,17,18). The molecule has 4 heteroatoms. The lowest BCUT2D eigenvalue weighted by molar-refractivity contribution is -0.120. The average Bonchev–Trinajstić information content (AvgIpc) is 3.13. The highest BCUT2D eigenvalue weighted by Gasteiger charge is 2.41. The molecule has 0 aliphatic heterocycles. The third-order valence-electron chi connectivity index (χ3n) is 3.87. The number of fused-ring (bicyclic) bond motifs is 1. The van der Waals surface area contributed by atoms with E-state index < -0.39 is 0 Å². The van der Waals surface area contributed by atoms with Crippen molar-refractivity contribution >= 4 is 28.6 Å². The van der Waals surface area contributed by atoms with Crippen LogP contribution in [-0.4, -0.2) is 28.4 Å². The lowest BCUT2D eigenvalue weighted by Gasteiger charge is -2.12. The van der Waals surface area contributed by atoms with Crippen LogP contribution in [0.1, 0.15) is 18.4 Å². The van der Waals surface area contributed by atoms with E-state index in [9.17, 15) is 4.79 Å². The van der Waals surface area contributed by atoms with Crippen LogP contribution in [0, 0.1) is 0 Å². The van der Waals surface area contributed by atoms with Gasteiger partial charge in [-0.3, -0.25) is 4.79 Å². The highest BCUT2D eigenvalue weighted by atomic mass is 32.2. The number of hydrogen-bond donors (Lipinski definition) is 2. The normalized spacial score (nSPS) is 16.5. The van der Waals surface area contributed by atoms with Gasteiger partial charge in [-0.05, 0) is 30.7 Å². The second kappa shape index (κ2) is 4.93. The number of thioether (sulfide) groups is 1. The van der Waals surface area contributed by atoms with Crippen LogP contribution in [-0.2, 0) is 11.2 Å². The van der Waals surface area contributed by atoms with E-state index in [0.29, 0.717) is 11.2 Å². The molecule has 1 saturated carbocycles. The van der Waals surface area contributed by atoms with Gasteiger partial charge in [0.2, 0.25) is 5.91 Å². The van der Waals surface area contributed by atoms with Crippen molar-refractivity contribution in [2.45, 2.75) is 24.0 Å². The zero-order valence-electron chi connectivity index (χ0n) is 11.0. The molecule has 0 radical (unpaired) electrons. The van der Waals surface area contributed by atoms with Gasteiger partial charge in [-0.2, -0.15) is 11.8 Å². The van der Waals surface area contributed by atoms with Gasteiger partial charge >= 0.3 is 0 Å². The molecule has 0 spiro atoms. The van der Waals surface area contributed by atoms with Crippen LogP contribution in [0.5, 0.6) is 0 Å². The Bertz CT molecular complexity index is 601. The SMILES string of the molecule is CSC1(CNC(=O)Cc2c[nH]c3ccccc23)CC1. The molecule has 3 rings (SSSR count). The van der Waals surface area contributed by atoms with Crippen LogP contribution in [0.25, 0.3) is 10.9 Å². The number of H-pyrrole nitrogens is 1. The maximum atomic E-state index is 12.0. The minimum absolute atomic E-state index is 0.116. The topological polar surface area (TPSA) is 44.9 Å². The van der Waals surface area contributed by atoms with E-state index >= 15 is 0 Å². The van der Waals surface area contributed by atoms with Crippen molar-refractivity contribution < 1.29 is 4.79 Å². The fraction of sp³-hybridized carbons (Fsp3) is 0.400. The molecule has 19 heavy (non-hydrogen) atoms. The molecule has 0 saturated heterocycles. The molecular formula is C15H18N2OS. The molecule has 1 heterocycles. The van der Waals surface area contributed by atoms with Crippen molar-refractivity contribution in [3.05, 3.63) is 36.0 Å². The van der Waals surface area contributed by atoms with Gasteiger partial charge in [-0.15, -0.1) is 0 Å². The Hall–Kier alpha value is -1.42. The van der Waals surface area contributed by atoms with Gasteiger partial charge < -0.3 is 10.3 Å². The van der Waals surface area contributed by atoms with E-state index in [2.05, 4.69) is 22.6 Å². The van der Waals surface area contributed by atoms with E-state index in [1.165, 1.54) is 12.8 Å². The Morgan fingerprint density at radius 3 is 2.95 bits per heavy atom. The lowest BCUT2D eigenvalue weighted by Crippen LogP contribution is -2.32. The Morgan fingerprint density at radius 2 is 2.21 bits per heavy atom. The molecule has 0 unspecified atom stereocenters. The predicted molar refractivity (Wildman–Crippen MR) is 80.5 cm³/mol. The first-order valence-corrected chi connectivity index (χ1v) is 7.82. The van der Waals surface area contributed by atoms with Gasteiger partial charge in [0.25, 0.3) is 0 Å². The van der Waals surface area contributed by atoms with Crippen molar-refractivity contribution in [3.8, 4) is 0 Å². The van der Waals surface area contributed by atoms with Gasteiger partial charge in [-0.25, -0.2) is 0 Å². The summed E-state index contributed by atoms with van der Waals surface area (Å²) in [5, 5.41) is 4.21. The van der Waals surface area contributed by atoms with Crippen LogP contribution < -0.4 is 5.32 Å². The van der Waals surface area contributed by atoms with E-state index in [0.717, 1.165) is 23.0 Å². The number of para-hydroxylation sites is 1. The van der Waals surface area contributed by atoms with Gasteiger partial charge in [0.05, 0.1) is 6.42 Å². The summed E-state index contributed by atoms with van der Waals surface area (Å²) in [5.41, 5.74) is 2.16. The number of rotatable bonds is 5. The molecule has 1 aliphatic carbocycles. The molecular weight excluding hydrogens is 256 g/mol. The summed E-state index contributed by atoms with van der Waals surface area (Å²) >= 11 is 1.87. The first kappa shape index (κ1) is 12.6. The van der Waals surface area contributed by atoms with Crippen LogP contribution in [0.2, 0.25) is 0 Å². The summed E-state index contributed by atoms with van der Waals surface area (Å²) in [6, 6.07) is 8.09. The monoisotopic (exact) mass is 274 g/mol. The summed E-state index contributed by atoms with van der Waals surface area (Å²) in [6.45, 7) is 0.801. The highest BCUT2D eigenvalue weighted by Crippen LogP contribution is 2.46. The summed E-state index contributed by atoms with van der Waals surface area (Å²) in [7, 11) is 0.